The molecular weight excluding hydrogens is 394 g/mol. The Morgan fingerprint density at radius 1 is 1.16 bits per heavy atom. The molecule has 0 radical (unpaired) electrons. The number of carbonyl (C=O) groups is 2. The van der Waals surface area contributed by atoms with Crippen LogP contribution < -0.4 is 5.32 Å². The van der Waals surface area contributed by atoms with Gasteiger partial charge in [-0.2, -0.15) is 0 Å². The van der Waals surface area contributed by atoms with Gasteiger partial charge in [-0.15, -0.1) is 0 Å². The summed E-state index contributed by atoms with van der Waals surface area (Å²) in [7, 11) is 0. The first-order valence-electron chi connectivity index (χ1n) is 10.5. The third kappa shape index (κ3) is 5.55. The Hall–Kier alpha value is -2.61. The summed E-state index contributed by atoms with van der Waals surface area (Å²) < 4.78 is 5.26. The van der Waals surface area contributed by atoms with Crippen LogP contribution >= 0.6 is 0 Å². The summed E-state index contributed by atoms with van der Waals surface area (Å²) in [5, 5.41) is 13.9. The Labute approximate surface area is 183 Å². The number of rotatable bonds is 6. The molecule has 2 aliphatic rings. The molecule has 3 heterocycles. The van der Waals surface area contributed by atoms with Crippen molar-refractivity contribution >= 4 is 11.7 Å². The van der Waals surface area contributed by atoms with Crippen LogP contribution in [0.25, 0.3) is 0 Å². The quantitative estimate of drug-likeness (QED) is 0.690. The van der Waals surface area contributed by atoms with Crippen LogP contribution in [0.4, 0.5) is 0 Å². The summed E-state index contributed by atoms with van der Waals surface area (Å²) in [6.07, 6.45) is 2.19. The number of Topliss-reactive ketones (excluding diaryl/α,β-unsaturated/α-hetero) is 1. The van der Waals surface area contributed by atoms with Gasteiger partial charge in [0.05, 0.1) is 24.9 Å². The topological polar surface area (TPSA) is 91.8 Å². The molecule has 4 rings (SSSR count). The first kappa shape index (κ1) is 23.1. The van der Waals surface area contributed by atoms with Crippen LogP contribution in [0.3, 0.4) is 0 Å². The number of aromatic nitrogens is 1. The predicted octanol–water partition coefficient (Wildman–Crippen LogP) is 2.23. The summed E-state index contributed by atoms with van der Waals surface area (Å²) in [4.78, 5) is 30.9. The van der Waals surface area contributed by atoms with Crippen molar-refractivity contribution in [1.29, 1.82) is 0 Å². The second-order valence-electron chi connectivity index (χ2n) is 7.83. The molecule has 7 nitrogen and oxygen atoms in total. The van der Waals surface area contributed by atoms with E-state index >= 15 is 0 Å². The van der Waals surface area contributed by atoms with Crippen molar-refractivity contribution in [3.63, 3.8) is 0 Å². The molecule has 2 aromatic rings. The minimum Gasteiger partial charge on any atom is -0.391 e. The lowest BCUT2D eigenvalue weighted by Crippen LogP contribution is -2.44. The number of aliphatic hydroxyl groups excluding tert-OH is 1. The number of amides is 1. The molecule has 1 fully saturated rings. The largest absolute Gasteiger partial charge is 0.391 e. The lowest BCUT2D eigenvalue weighted by atomic mass is 9.91. The number of carbonyl (C=O) groups excluding carboxylic acids is 2. The molecule has 0 aliphatic carbocycles. The SMILES string of the molecule is C.O=C(CC[C@@H](O)[C@@H]1Cc2ccccc2CN1)c1ccc(C(=O)N2CCOCC2)cn1. The van der Waals surface area contributed by atoms with Gasteiger partial charge >= 0.3 is 0 Å². The average molecular weight is 426 g/mol. The molecule has 2 N–H and O–H groups in total. The molecule has 7 heteroatoms. The average Bonchev–Trinajstić information content (AvgIpc) is 2.82. The van der Waals surface area contributed by atoms with E-state index in [4.69, 9.17) is 4.74 Å². The molecule has 166 valence electrons. The first-order chi connectivity index (χ1) is 14.6. The molecule has 1 saturated heterocycles. The van der Waals surface area contributed by atoms with E-state index < -0.39 is 6.10 Å². The number of hydrogen-bond donors (Lipinski definition) is 2. The number of ketones is 1. The summed E-state index contributed by atoms with van der Waals surface area (Å²) in [6, 6.07) is 11.4. The number of pyridine rings is 1. The lowest BCUT2D eigenvalue weighted by molar-refractivity contribution is 0.0302. The predicted molar refractivity (Wildman–Crippen MR) is 118 cm³/mol. The van der Waals surface area contributed by atoms with Gasteiger partial charge in [-0.25, -0.2) is 0 Å². The highest BCUT2D eigenvalue weighted by atomic mass is 16.5. The normalized spacial score (nSPS) is 19.1. The lowest BCUT2D eigenvalue weighted by Gasteiger charge is -2.29. The number of ether oxygens (including phenoxy) is 1. The van der Waals surface area contributed by atoms with Gasteiger partial charge < -0.3 is 20.1 Å². The van der Waals surface area contributed by atoms with Crippen molar-refractivity contribution in [2.75, 3.05) is 26.3 Å². The highest BCUT2D eigenvalue weighted by Crippen LogP contribution is 2.20. The summed E-state index contributed by atoms with van der Waals surface area (Å²) in [5.41, 5.74) is 3.29. The number of nitrogens with one attached hydrogen (secondary N) is 1. The molecule has 1 aromatic heterocycles. The van der Waals surface area contributed by atoms with Crippen LogP contribution in [-0.4, -0.2) is 65.1 Å². The van der Waals surface area contributed by atoms with Crippen molar-refractivity contribution in [1.82, 2.24) is 15.2 Å². The van der Waals surface area contributed by atoms with Gasteiger partial charge in [-0.1, -0.05) is 31.7 Å². The third-order valence-corrected chi connectivity index (χ3v) is 5.84. The van der Waals surface area contributed by atoms with Gasteiger partial charge in [-0.05, 0) is 36.1 Å². The van der Waals surface area contributed by atoms with E-state index in [1.807, 2.05) is 12.1 Å². The second-order valence-corrected chi connectivity index (χ2v) is 7.83. The van der Waals surface area contributed by atoms with Gasteiger partial charge in [0, 0.05) is 38.3 Å². The Balaban J connectivity index is 0.00000272. The van der Waals surface area contributed by atoms with Gasteiger partial charge in [0.15, 0.2) is 5.78 Å². The van der Waals surface area contributed by atoms with E-state index in [0.29, 0.717) is 44.0 Å². The van der Waals surface area contributed by atoms with Crippen molar-refractivity contribution in [3.05, 3.63) is 65.0 Å². The Bertz CT molecular complexity index is 894. The zero-order valence-corrected chi connectivity index (χ0v) is 16.9. The minimum absolute atomic E-state index is 0. The highest BCUT2D eigenvalue weighted by Gasteiger charge is 2.25. The smallest absolute Gasteiger partial charge is 0.255 e. The van der Waals surface area contributed by atoms with Gasteiger partial charge in [0.1, 0.15) is 5.69 Å². The molecule has 0 bridgehead atoms. The molecule has 0 saturated carbocycles. The molecule has 2 aliphatic heterocycles. The minimum atomic E-state index is -0.607. The zero-order valence-electron chi connectivity index (χ0n) is 16.9. The van der Waals surface area contributed by atoms with Crippen molar-refractivity contribution in [2.45, 2.75) is 45.4 Å². The molecule has 0 unspecified atom stereocenters. The monoisotopic (exact) mass is 425 g/mol. The number of aliphatic hydroxyl groups is 1. The van der Waals surface area contributed by atoms with E-state index in [2.05, 4.69) is 22.4 Å². The number of benzene rings is 1. The van der Waals surface area contributed by atoms with Crippen LogP contribution in [0.15, 0.2) is 42.6 Å². The van der Waals surface area contributed by atoms with Crippen LogP contribution in [0, 0.1) is 0 Å². The van der Waals surface area contributed by atoms with Gasteiger partial charge in [0.25, 0.3) is 5.91 Å². The van der Waals surface area contributed by atoms with Gasteiger partial charge in [-0.3, -0.25) is 14.6 Å². The Morgan fingerprint density at radius 3 is 2.61 bits per heavy atom. The van der Waals surface area contributed by atoms with E-state index in [0.717, 1.165) is 13.0 Å². The van der Waals surface area contributed by atoms with E-state index in [1.165, 1.54) is 17.3 Å². The van der Waals surface area contributed by atoms with Crippen molar-refractivity contribution < 1.29 is 19.4 Å². The fourth-order valence-electron chi connectivity index (χ4n) is 3.99. The van der Waals surface area contributed by atoms with Crippen molar-refractivity contribution in [2.24, 2.45) is 0 Å². The molecule has 0 spiro atoms. The molecule has 1 amide bonds. The molecular formula is C24H31N3O4. The Morgan fingerprint density at radius 2 is 1.90 bits per heavy atom. The van der Waals surface area contributed by atoms with Crippen molar-refractivity contribution in [3.8, 4) is 0 Å². The number of nitrogens with zero attached hydrogens (tertiary/aromatic N) is 2. The third-order valence-electron chi connectivity index (χ3n) is 5.84. The maximum atomic E-state index is 12.5. The highest BCUT2D eigenvalue weighted by molar-refractivity contribution is 5.97. The maximum Gasteiger partial charge on any atom is 0.255 e. The number of morpholine rings is 1. The summed E-state index contributed by atoms with van der Waals surface area (Å²) in [5.74, 6) is -0.223. The first-order valence-corrected chi connectivity index (χ1v) is 10.5. The number of hydrogen-bond acceptors (Lipinski definition) is 6. The number of fused-ring (bicyclic) bond motifs is 1. The van der Waals surface area contributed by atoms with Crippen LogP contribution in [-0.2, 0) is 17.7 Å². The van der Waals surface area contributed by atoms with Crippen LogP contribution in [0.5, 0.6) is 0 Å². The second kappa shape index (κ2) is 10.6. The van der Waals surface area contributed by atoms with E-state index in [-0.39, 0.29) is 31.6 Å². The van der Waals surface area contributed by atoms with Crippen LogP contribution in [0.1, 0.15) is 52.2 Å². The van der Waals surface area contributed by atoms with E-state index in [9.17, 15) is 14.7 Å². The molecule has 31 heavy (non-hydrogen) atoms. The standard InChI is InChI=1S/C23H27N3O4.CH4/c27-21(7-8-22(28)20-13-16-3-1-2-4-17(16)14-25-20)19-6-5-18(15-24-19)23(29)26-9-11-30-12-10-26;/h1-6,15,20,22,25,28H,7-14H2;1H4/t20-,22+;/m0./s1. The van der Waals surface area contributed by atoms with E-state index in [1.54, 1.807) is 17.0 Å². The van der Waals surface area contributed by atoms with Gasteiger partial charge in [0.2, 0.25) is 0 Å². The molecule has 2 atom stereocenters. The fraction of sp³-hybridized carbons (Fsp3) is 0.458. The summed E-state index contributed by atoms with van der Waals surface area (Å²) >= 11 is 0. The fourth-order valence-corrected chi connectivity index (χ4v) is 3.99. The Kier molecular flexibility index (Phi) is 7.90. The zero-order chi connectivity index (χ0) is 20.9. The molecule has 1 aromatic carbocycles. The maximum absolute atomic E-state index is 12.5. The summed E-state index contributed by atoms with van der Waals surface area (Å²) in [6.45, 7) is 2.94. The van der Waals surface area contributed by atoms with Crippen LogP contribution in [0.2, 0.25) is 0 Å².